The molecule has 0 radical (unpaired) electrons. The molecule has 146 valence electrons. The van der Waals surface area contributed by atoms with Crippen molar-refractivity contribution in [2.75, 3.05) is 19.5 Å². The molecule has 2 aromatic carbocycles. The third-order valence-corrected chi connectivity index (χ3v) is 4.47. The highest BCUT2D eigenvalue weighted by Crippen LogP contribution is 2.35. The number of hydrogen-bond donors (Lipinski definition) is 2. The molecule has 0 bridgehead atoms. The Kier molecular flexibility index (Phi) is 6.32. The number of carbonyl (C=O) groups excluding carboxylic acids is 1. The minimum atomic E-state index is -0.0771. The minimum Gasteiger partial charge on any atom is -0.493 e. The highest BCUT2D eigenvalue weighted by Gasteiger charge is 2.18. The number of H-pyrrole nitrogens is 1. The van der Waals surface area contributed by atoms with Gasteiger partial charge in [0.25, 0.3) is 0 Å². The maximum atomic E-state index is 12.6. The Morgan fingerprint density at radius 1 is 1.07 bits per heavy atom. The molecule has 0 aliphatic heterocycles. The van der Waals surface area contributed by atoms with E-state index in [0.717, 1.165) is 35.3 Å². The molecular formula is C22H25N3O3. The Balaban J connectivity index is 1.91. The number of methoxy groups -OCH3 is 2. The van der Waals surface area contributed by atoms with Gasteiger partial charge < -0.3 is 14.8 Å². The molecule has 1 aromatic heterocycles. The van der Waals surface area contributed by atoms with Crippen molar-refractivity contribution in [3.05, 3.63) is 59.8 Å². The van der Waals surface area contributed by atoms with E-state index in [1.54, 1.807) is 14.2 Å². The number of hydrogen-bond acceptors (Lipinski definition) is 4. The van der Waals surface area contributed by atoms with E-state index in [9.17, 15) is 4.79 Å². The standard InChI is InChI=1S/C22H25N3O3/c1-4-8-17-22(23-20(26)13-15-9-6-5-7-10-15)21(25-24-17)16-11-12-18(27-2)19(14-16)28-3/h5-7,9-12,14H,4,8,13H2,1-3H3,(H,23,26)(H,24,25). The van der Waals surface area contributed by atoms with Gasteiger partial charge in [0.2, 0.25) is 5.91 Å². The summed E-state index contributed by atoms with van der Waals surface area (Å²) in [4.78, 5) is 12.6. The third-order valence-electron chi connectivity index (χ3n) is 4.47. The van der Waals surface area contributed by atoms with Crippen LogP contribution < -0.4 is 14.8 Å². The quantitative estimate of drug-likeness (QED) is 0.614. The summed E-state index contributed by atoms with van der Waals surface area (Å²) in [5.41, 5.74) is 4.12. The Labute approximate surface area is 164 Å². The average molecular weight is 379 g/mol. The second kappa shape index (κ2) is 9.08. The minimum absolute atomic E-state index is 0.0771. The van der Waals surface area contributed by atoms with E-state index < -0.39 is 0 Å². The highest BCUT2D eigenvalue weighted by atomic mass is 16.5. The van der Waals surface area contributed by atoms with Gasteiger partial charge in [0.1, 0.15) is 5.69 Å². The van der Waals surface area contributed by atoms with E-state index in [0.29, 0.717) is 23.6 Å². The number of benzene rings is 2. The fourth-order valence-electron chi connectivity index (χ4n) is 3.10. The topological polar surface area (TPSA) is 76.2 Å². The van der Waals surface area contributed by atoms with Gasteiger partial charge in [-0.1, -0.05) is 43.7 Å². The van der Waals surface area contributed by atoms with Gasteiger partial charge in [-0.25, -0.2) is 0 Å². The van der Waals surface area contributed by atoms with Crippen LogP contribution in [0.5, 0.6) is 11.5 Å². The number of ether oxygens (including phenoxy) is 2. The molecule has 28 heavy (non-hydrogen) atoms. The molecule has 6 heteroatoms. The molecule has 0 saturated heterocycles. The van der Waals surface area contributed by atoms with Crippen LogP contribution >= 0.6 is 0 Å². The van der Waals surface area contributed by atoms with Crippen LogP contribution in [0.25, 0.3) is 11.3 Å². The summed E-state index contributed by atoms with van der Waals surface area (Å²) < 4.78 is 10.7. The molecule has 2 N–H and O–H groups in total. The second-order valence-electron chi connectivity index (χ2n) is 6.46. The molecule has 1 heterocycles. The van der Waals surface area contributed by atoms with Gasteiger partial charge in [-0.15, -0.1) is 0 Å². The molecule has 0 saturated carbocycles. The number of nitrogens with one attached hydrogen (secondary N) is 2. The number of rotatable bonds is 8. The van der Waals surface area contributed by atoms with Crippen LogP contribution in [0.3, 0.4) is 0 Å². The first-order valence-electron chi connectivity index (χ1n) is 9.29. The van der Waals surface area contributed by atoms with Crippen molar-refractivity contribution in [1.29, 1.82) is 0 Å². The van der Waals surface area contributed by atoms with Crippen LogP contribution in [0.15, 0.2) is 48.5 Å². The fraction of sp³-hybridized carbons (Fsp3) is 0.273. The number of aromatic nitrogens is 2. The number of carbonyl (C=O) groups is 1. The summed E-state index contributed by atoms with van der Waals surface area (Å²) in [6.45, 7) is 2.09. The Hall–Kier alpha value is -3.28. The smallest absolute Gasteiger partial charge is 0.228 e. The summed E-state index contributed by atoms with van der Waals surface area (Å²) in [6, 6.07) is 15.3. The van der Waals surface area contributed by atoms with Gasteiger partial charge in [0, 0.05) is 5.56 Å². The Bertz CT molecular complexity index is 935. The summed E-state index contributed by atoms with van der Waals surface area (Å²) >= 11 is 0. The van der Waals surface area contributed by atoms with Crippen molar-refractivity contribution in [2.24, 2.45) is 0 Å². The Morgan fingerprint density at radius 3 is 2.50 bits per heavy atom. The highest BCUT2D eigenvalue weighted by molar-refractivity contribution is 5.96. The van der Waals surface area contributed by atoms with E-state index in [2.05, 4.69) is 22.4 Å². The first-order chi connectivity index (χ1) is 13.7. The molecule has 3 rings (SSSR count). The van der Waals surface area contributed by atoms with Gasteiger partial charge in [-0.2, -0.15) is 5.10 Å². The normalized spacial score (nSPS) is 10.5. The van der Waals surface area contributed by atoms with Crippen molar-refractivity contribution in [3.63, 3.8) is 0 Å². The largest absolute Gasteiger partial charge is 0.493 e. The van der Waals surface area contributed by atoms with Crippen LogP contribution in [-0.4, -0.2) is 30.3 Å². The zero-order chi connectivity index (χ0) is 19.9. The molecule has 6 nitrogen and oxygen atoms in total. The van der Waals surface area contributed by atoms with Crippen molar-refractivity contribution in [2.45, 2.75) is 26.2 Å². The van der Waals surface area contributed by atoms with Gasteiger partial charge in [-0.05, 0) is 30.2 Å². The number of aryl methyl sites for hydroxylation is 1. The van der Waals surface area contributed by atoms with E-state index in [1.807, 2.05) is 48.5 Å². The lowest BCUT2D eigenvalue weighted by molar-refractivity contribution is -0.115. The lowest BCUT2D eigenvalue weighted by Gasteiger charge is -2.11. The number of anilines is 1. The van der Waals surface area contributed by atoms with Crippen LogP contribution in [0.2, 0.25) is 0 Å². The molecular weight excluding hydrogens is 354 g/mol. The molecule has 0 aliphatic carbocycles. The molecule has 0 aliphatic rings. The molecule has 0 spiro atoms. The summed E-state index contributed by atoms with van der Waals surface area (Å²) in [7, 11) is 3.19. The molecule has 3 aromatic rings. The summed E-state index contributed by atoms with van der Waals surface area (Å²) in [6.07, 6.45) is 2.04. The zero-order valence-electron chi connectivity index (χ0n) is 16.4. The number of amides is 1. The molecule has 0 atom stereocenters. The lowest BCUT2D eigenvalue weighted by Crippen LogP contribution is -2.15. The van der Waals surface area contributed by atoms with E-state index in [4.69, 9.17) is 9.47 Å². The fourth-order valence-corrected chi connectivity index (χ4v) is 3.10. The number of aromatic amines is 1. The lowest BCUT2D eigenvalue weighted by atomic mass is 10.1. The summed E-state index contributed by atoms with van der Waals surface area (Å²) in [5.74, 6) is 1.18. The van der Waals surface area contributed by atoms with Crippen molar-refractivity contribution in [3.8, 4) is 22.8 Å². The Morgan fingerprint density at radius 2 is 1.82 bits per heavy atom. The van der Waals surface area contributed by atoms with E-state index >= 15 is 0 Å². The van der Waals surface area contributed by atoms with E-state index in [-0.39, 0.29) is 5.91 Å². The molecule has 0 unspecified atom stereocenters. The predicted molar refractivity (Wildman–Crippen MR) is 110 cm³/mol. The first-order valence-corrected chi connectivity index (χ1v) is 9.29. The second-order valence-corrected chi connectivity index (χ2v) is 6.46. The van der Waals surface area contributed by atoms with Gasteiger partial charge >= 0.3 is 0 Å². The van der Waals surface area contributed by atoms with Crippen LogP contribution in [0, 0.1) is 0 Å². The predicted octanol–water partition coefficient (Wildman–Crippen LogP) is 4.23. The first kappa shape index (κ1) is 19.5. The molecule has 0 fully saturated rings. The zero-order valence-corrected chi connectivity index (χ0v) is 16.4. The summed E-state index contributed by atoms with van der Waals surface area (Å²) in [5, 5.41) is 10.6. The van der Waals surface area contributed by atoms with Gasteiger partial charge in [-0.3, -0.25) is 9.89 Å². The van der Waals surface area contributed by atoms with Gasteiger partial charge in [0.05, 0.1) is 32.0 Å². The maximum absolute atomic E-state index is 12.6. The van der Waals surface area contributed by atoms with Crippen LogP contribution in [-0.2, 0) is 17.6 Å². The van der Waals surface area contributed by atoms with Crippen molar-refractivity contribution in [1.82, 2.24) is 10.2 Å². The van der Waals surface area contributed by atoms with Crippen LogP contribution in [0.1, 0.15) is 24.6 Å². The number of nitrogens with zero attached hydrogens (tertiary/aromatic N) is 1. The monoisotopic (exact) mass is 379 g/mol. The SMILES string of the molecule is CCCc1[nH]nc(-c2ccc(OC)c(OC)c2)c1NC(=O)Cc1ccccc1. The third kappa shape index (κ3) is 4.34. The van der Waals surface area contributed by atoms with Crippen molar-refractivity contribution < 1.29 is 14.3 Å². The maximum Gasteiger partial charge on any atom is 0.228 e. The van der Waals surface area contributed by atoms with E-state index in [1.165, 1.54) is 0 Å². The van der Waals surface area contributed by atoms with Crippen LogP contribution in [0.4, 0.5) is 5.69 Å². The molecule has 1 amide bonds. The van der Waals surface area contributed by atoms with Crippen molar-refractivity contribution >= 4 is 11.6 Å². The average Bonchev–Trinajstić information content (AvgIpc) is 3.10. The van der Waals surface area contributed by atoms with Gasteiger partial charge in [0.15, 0.2) is 11.5 Å².